The first-order chi connectivity index (χ1) is 15.0. The first-order valence-corrected chi connectivity index (χ1v) is 11.5. The highest BCUT2D eigenvalue weighted by atomic mass is 16.6. The summed E-state index contributed by atoms with van der Waals surface area (Å²) in [6, 6.07) is 7.28. The average molecular weight is 452 g/mol. The summed E-state index contributed by atoms with van der Waals surface area (Å²) in [6.45, 7) is 14.4. The second-order valence-electron chi connectivity index (χ2n) is 9.62. The van der Waals surface area contributed by atoms with Crippen molar-refractivity contribution in [3.8, 4) is 5.75 Å². The number of hydrogen-bond donors (Lipinski definition) is 1. The Bertz CT molecular complexity index is 681. The van der Waals surface area contributed by atoms with Gasteiger partial charge in [0.1, 0.15) is 12.4 Å². The molecule has 0 radical (unpaired) electrons. The number of carboxylic acid groups (broad SMARTS) is 1. The second-order valence-corrected chi connectivity index (χ2v) is 9.62. The Morgan fingerprint density at radius 2 is 1.75 bits per heavy atom. The Morgan fingerprint density at radius 3 is 2.28 bits per heavy atom. The van der Waals surface area contributed by atoms with Crippen molar-refractivity contribution in [2.24, 2.45) is 11.3 Å². The van der Waals surface area contributed by atoms with Gasteiger partial charge in [0.05, 0.1) is 13.2 Å². The Morgan fingerprint density at radius 1 is 1.09 bits per heavy atom. The van der Waals surface area contributed by atoms with E-state index in [1.54, 1.807) is 24.0 Å². The highest BCUT2D eigenvalue weighted by molar-refractivity contribution is 5.72. The molecule has 0 saturated carbocycles. The summed E-state index contributed by atoms with van der Waals surface area (Å²) in [5, 5.41) is 9.22. The van der Waals surface area contributed by atoms with Gasteiger partial charge in [0.15, 0.2) is 6.10 Å². The van der Waals surface area contributed by atoms with E-state index in [-0.39, 0.29) is 11.5 Å². The summed E-state index contributed by atoms with van der Waals surface area (Å²) in [5.74, 6) is 0.283. The molecule has 7 heteroatoms. The standard InChI is InChI=1S/C25H41NO6/c1-7-30-22(23(27)28)17-20-10-12-21(13-11-20)31-16-15-26(14-8-9-19(2)3)24(29)32-18-25(4,5)6/h10-13,19,22H,7-9,14-18H2,1-6H3,(H,27,28). The summed E-state index contributed by atoms with van der Waals surface area (Å²) >= 11 is 0. The summed E-state index contributed by atoms with van der Waals surface area (Å²) in [6.07, 6.45) is 1.10. The van der Waals surface area contributed by atoms with Crippen LogP contribution in [0.15, 0.2) is 24.3 Å². The molecule has 0 aromatic heterocycles. The largest absolute Gasteiger partial charge is 0.492 e. The molecule has 7 nitrogen and oxygen atoms in total. The third-order valence-corrected chi connectivity index (χ3v) is 4.71. The van der Waals surface area contributed by atoms with Gasteiger partial charge in [-0.05, 0) is 48.8 Å². The number of amides is 1. The predicted octanol–water partition coefficient (Wildman–Crippen LogP) is 5.02. The summed E-state index contributed by atoms with van der Waals surface area (Å²) in [7, 11) is 0. The van der Waals surface area contributed by atoms with Crippen molar-refractivity contribution in [1.29, 1.82) is 0 Å². The molecule has 0 spiro atoms. The van der Waals surface area contributed by atoms with Gasteiger partial charge in [-0.1, -0.05) is 46.8 Å². The first kappa shape index (κ1) is 27.8. The van der Waals surface area contributed by atoms with Gasteiger partial charge in [-0.2, -0.15) is 0 Å². The Balaban J connectivity index is 2.59. The van der Waals surface area contributed by atoms with E-state index in [9.17, 15) is 14.7 Å². The van der Waals surface area contributed by atoms with Gasteiger partial charge in [-0.3, -0.25) is 0 Å². The zero-order chi connectivity index (χ0) is 24.1. The molecule has 1 rings (SSSR count). The molecule has 1 unspecified atom stereocenters. The van der Waals surface area contributed by atoms with Crippen molar-refractivity contribution >= 4 is 12.1 Å². The number of carbonyl (C=O) groups excluding carboxylic acids is 1. The second kappa shape index (κ2) is 14.0. The minimum absolute atomic E-state index is 0.0840. The molecule has 1 aromatic rings. The first-order valence-electron chi connectivity index (χ1n) is 11.5. The molecule has 0 aliphatic carbocycles. The van der Waals surface area contributed by atoms with Crippen LogP contribution >= 0.6 is 0 Å². The Kier molecular flexibility index (Phi) is 12.1. The maximum Gasteiger partial charge on any atom is 0.409 e. The van der Waals surface area contributed by atoms with Crippen molar-refractivity contribution < 1.29 is 28.9 Å². The highest BCUT2D eigenvalue weighted by Gasteiger charge is 2.20. The van der Waals surface area contributed by atoms with E-state index in [1.165, 1.54) is 0 Å². The minimum atomic E-state index is -0.969. The summed E-state index contributed by atoms with van der Waals surface area (Å²) < 4.78 is 16.6. The zero-order valence-electron chi connectivity index (χ0n) is 20.6. The van der Waals surface area contributed by atoms with Crippen LogP contribution in [0.1, 0.15) is 59.9 Å². The third-order valence-electron chi connectivity index (χ3n) is 4.71. The average Bonchev–Trinajstić information content (AvgIpc) is 2.71. The van der Waals surface area contributed by atoms with Gasteiger partial charge < -0.3 is 24.2 Å². The van der Waals surface area contributed by atoms with Crippen molar-refractivity contribution in [3.63, 3.8) is 0 Å². The molecule has 1 N–H and O–H groups in total. The molecule has 0 aliphatic heterocycles. The molecule has 0 heterocycles. The van der Waals surface area contributed by atoms with E-state index >= 15 is 0 Å². The van der Waals surface area contributed by atoms with Crippen LogP contribution in [0.5, 0.6) is 5.75 Å². The molecule has 0 fully saturated rings. The van der Waals surface area contributed by atoms with Gasteiger partial charge in [0.25, 0.3) is 0 Å². The smallest absolute Gasteiger partial charge is 0.409 e. The number of benzene rings is 1. The van der Waals surface area contributed by atoms with Gasteiger partial charge in [0.2, 0.25) is 0 Å². The lowest BCUT2D eigenvalue weighted by molar-refractivity contribution is -0.149. The summed E-state index contributed by atoms with van der Waals surface area (Å²) in [5.41, 5.74) is 0.776. The van der Waals surface area contributed by atoms with E-state index in [4.69, 9.17) is 14.2 Å². The van der Waals surface area contributed by atoms with E-state index in [2.05, 4.69) is 13.8 Å². The third kappa shape index (κ3) is 11.9. The number of rotatable bonds is 14. The van der Waals surface area contributed by atoms with Crippen LogP contribution in [-0.4, -0.2) is 61.1 Å². The zero-order valence-corrected chi connectivity index (χ0v) is 20.6. The molecule has 0 aliphatic rings. The molecular formula is C25H41NO6. The Labute approximate surface area is 193 Å². The summed E-state index contributed by atoms with van der Waals surface area (Å²) in [4.78, 5) is 25.5. The lowest BCUT2D eigenvalue weighted by Gasteiger charge is -2.25. The molecule has 0 bridgehead atoms. The fourth-order valence-electron chi connectivity index (χ4n) is 2.98. The quantitative estimate of drug-likeness (QED) is 0.428. The molecule has 32 heavy (non-hydrogen) atoms. The molecule has 0 saturated heterocycles. The van der Waals surface area contributed by atoms with Crippen molar-refractivity contribution in [2.75, 3.05) is 32.9 Å². The molecule has 1 atom stereocenters. The van der Waals surface area contributed by atoms with Crippen LogP contribution < -0.4 is 4.74 Å². The van der Waals surface area contributed by atoms with E-state index in [1.807, 2.05) is 32.9 Å². The lowest BCUT2D eigenvalue weighted by atomic mass is 9.99. The van der Waals surface area contributed by atoms with Crippen LogP contribution in [0.25, 0.3) is 0 Å². The monoisotopic (exact) mass is 451 g/mol. The van der Waals surface area contributed by atoms with Crippen molar-refractivity contribution in [3.05, 3.63) is 29.8 Å². The van der Waals surface area contributed by atoms with E-state index < -0.39 is 12.1 Å². The molecular weight excluding hydrogens is 410 g/mol. The molecule has 1 aromatic carbocycles. The van der Waals surface area contributed by atoms with Gasteiger partial charge in [-0.25, -0.2) is 9.59 Å². The number of aliphatic carboxylic acids is 1. The van der Waals surface area contributed by atoms with Crippen LogP contribution in [0, 0.1) is 11.3 Å². The predicted molar refractivity (Wildman–Crippen MR) is 125 cm³/mol. The number of nitrogens with zero attached hydrogens (tertiary/aromatic N) is 1. The molecule has 182 valence electrons. The number of carbonyl (C=O) groups is 2. The number of ether oxygens (including phenoxy) is 3. The van der Waals surface area contributed by atoms with Gasteiger partial charge in [-0.15, -0.1) is 0 Å². The highest BCUT2D eigenvalue weighted by Crippen LogP contribution is 2.16. The number of carboxylic acids is 1. The van der Waals surface area contributed by atoms with E-state index in [0.717, 1.165) is 18.4 Å². The van der Waals surface area contributed by atoms with Crippen LogP contribution in [0.2, 0.25) is 0 Å². The van der Waals surface area contributed by atoms with Crippen LogP contribution in [-0.2, 0) is 20.7 Å². The maximum atomic E-state index is 12.6. The van der Waals surface area contributed by atoms with E-state index in [0.29, 0.717) is 51.0 Å². The minimum Gasteiger partial charge on any atom is -0.492 e. The fourth-order valence-corrected chi connectivity index (χ4v) is 2.98. The van der Waals surface area contributed by atoms with Crippen molar-refractivity contribution in [2.45, 2.75) is 66.9 Å². The van der Waals surface area contributed by atoms with Gasteiger partial charge >= 0.3 is 12.1 Å². The lowest BCUT2D eigenvalue weighted by Crippen LogP contribution is -2.37. The van der Waals surface area contributed by atoms with Crippen LogP contribution in [0.3, 0.4) is 0 Å². The van der Waals surface area contributed by atoms with Crippen molar-refractivity contribution in [1.82, 2.24) is 4.90 Å². The molecule has 1 amide bonds. The maximum absolute atomic E-state index is 12.6. The topological polar surface area (TPSA) is 85.3 Å². The SMILES string of the molecule is CCOC(Cc1ccc(OCCN(CCCC(C)C)C(=O)OCC(C)(C)C)cc1)C(=O)O. The van der Waals surface area contributed by atoms with Crippen LogP contribution in [0.4, 0.5) is 4.79 Å². The number of hydrogen-bond acceptors (Lipinski definition) is 5. The van der Waals surface area contributed by atoms with Gasteiger partial charge in [0, 0.05) is 19.6 Å². The fraction of sp³-hybridized carbons (Fsp3) is 0.680. The normalized spacial score (nSPS) is 12.5. The Hall–Kier alpha value is -2.28.